The van der Waals surface area contributed by atoms with E-state index in [0.29, 0.717) is 17.9 Å². The van der Waals surface area contributed by atoms with Crippen molar-refractivity contribution in [2.45, 2.75) is 18.9 Å². The average Bonchev–Trinajstić information content (AvgIpc) is 3.04. The first-order valence-electron chi connectivity index (χ1n) is 7.51. The minimum Gasteiger partial charge on any atom is -0.508 e. The van der Waals surface area contributed by atoms with Gasteiger partial charge in [-0.05, 0) is 54.1 Å². The second kappa shape index (κ2) is 7.04. The number of aromatic hydroxyl groups is 1. The molecule has 0 saturated carbocycles. The van der Waals surface area contributed by atoms with Crippen LogP contribution in [-0.2, 0) is 9.63 Å². The van der Waals surface area contributed by atoms with Crippen molar-refractivity contribution in [2.75, 3.05) is 7.11 Å². The molecule has 1 atom stereocenters. The molecule has 0 spiro atoms. The van der Waals surface area contributed by atoms with Crippen molar-refractivity contribution in [3.8, 4) is 17.2 Å². The van der Waals surface area contributed by atoms with E-state index in [1.807, 2.05) is 0 Å². The maximum Gasteiger partial charge on any atom is 0.315 e. The van der Waals surface area contributed by atoms with Gasteiger partial charge in [0.1, 0.15) is 23.4 Å². The molecular formula is C18H17NO5. The number of ether oxygens (including phenoxy) is 2. The number of rotatable bonds is 5. The van der Waals surface area contributed by atoms with Gasteiger partial charge in [-0.3, -0.25) is 4.79 Å². The number of methoxy groups -OCH3 is 1. The number of carbonyl (C=O) groups excluding carboxylic acids is 1. The molecule has 0 fully saturated rings. The van der Waals surface area contributed by atoms with Crippen molar-refractivity contribution in [3.63, 3.8) is 0 Å². The molecule has 2 aromatic rings. The molecule has 0 bridgehead atoms. The quantitative estimate of drug-likeness (QED) is 0.675. The van der Waals surface area contributed by atoms with Crippen molar-refractivity contribution >= 4 is 11.7 Å². The average molecular weight is 327 g/mol. The number of nitrogens with zero attached hydrogens (tertiary/aromatic N) is 1. The molecule has 6 heteroatoms. The van der Waals surface area contributed by atoms with Crippen molar-refractivity contribution in [1.29, 1.82) is 0 Å². The van der Waals surface area contributed by atoms with Gasteiger partial charge in [0.25, 0.3) is 0 Å². The van der Waals surface area contributed by atoms with Crippen LogP contribution >= 0.6 is 0 Å². The van der Waals surface area contributed by atoms with Crippen LogP contribution in [0.15, 0.2) is 53.7 Å². The van der Waals surface area contributed by atoms with E-state index in [4.69, 9.17) is 14.3 Å². The summed E-state index contributed by atoms with van der Waals surface area (Å²) < 4.78 is 10.3. The summed E-state index contributed by atoms with van der Waals surface area (Å²) in [5, 5.41) is 13.3. The molecule has 6 nitrogen and oxygen atoms in total. The van der Waals surface area contributed by atoms with Gasteiger partial charge in [-0.15, -0.1) is 0 Å². The summed E-state index contributed by atoms with van der Waals surface area (Å²) in [6, 6.07) is 13.5. The van der Waals surface area contributed by atoms with Gasteiger partial charge in [0.05, 0.1) is 19.2 Å². The summed E-state index contributed by atoms with van der Waals surface area (Å²) in [6.45, 7) is 0. The molecule has 0 aliphatic carbocycles. The molecule has 3 rings (SSSR count). The number of benzene rings is 2. The Kier molecular flexibility index (Phi) is 4.65. The van der Waals surface area contributed by atoms with Crippen LogP contribution in [0.25, 0.3) is 0 Å². The highest BCUT2D eigenvalue weighted by molar-refractivity contribution is 6.01. The fourth-order valence-corrected chi connectivity index (χ4v) is 2.36. The number of hydrogen-bond acceptors (Lipinski definition) is 6. The third kappa shape index (κ3) is 3.84. The van der Waals surface area contributed by atoms with E-state index >= 15 is 0 Å². The van der Waals surface area contributed by atoms with Crippen LogP contribution < -0.4 is 9.47 Å². The fraction of sp³-hybridized carbons (Fsp3) is 0.222. The van der Waals surface area contributed by atoms with E-state index in [-0.39, 0.29) is 24.2 Å². The largest absolute Gasteiger partial charge is 0.508 e. The van der Waals surface area contributed by atoms with Crippen LogP contribution in [-0.4, -0.2) is 30.0 Å². The lowest BCUT2D eigenvalue weighted by atomic mass is 10.0. The second-order valence-corrected chi connectivity index (χ2v) is 5.37. The Hall–Kier alpha value is -3.02. The Morgan fingerprint density at radius 2 is 1.83 bits per heavy atom. The standard InChI is InChI=1S/C18H17NO5/c1-22-14-6-8-15(9-7-14)23-18(21)11-16-10-17(19-24-16)12-2-4-13(20)5-3-12/h2-9,16,20H,10-11H2,1H3. The minimum atomic E-state index is -0.382. The smallest absolute Gasteiger partial charge is 0.315 e. The van der Waals surface area contributed by atoms with Crippen LogP contribution in [0.2, 0.25) is 0 Å². The Morgan fingerprint density at radius 3 is 2.50 bits per heavy atom. The van der Waals surface area contributed by atoms with E-state index in [1.54, 1.807) is 55.6 Å². The maximum atomic E-state index is 12.0. The van der Waals surface area contributed by atoms with Gasteiger partial charge in [0.15, 0.2) is 0 Å². The SMILES string of the molecule is COc1ccc(OC(=O)CC2CC(c3ccc(O)cc3)=NO2)cc1. The lowest BCUT2D eigenvalue weighted by Gasteiger charge is -2.08. The zero-order valence-electron chi connectivity index (χ0n) is 13.1. The van der Waals surface area contributed by atoms with Crippen molar-refractivity contribution in [2.24, 2.45) is 5.16 Å². The highest BCUT2D eigenvalue weighted by Crippen LogP contribution is 2.22. The Morgan fingerprint density at radius 1 is 1.17 bits per heavy atom. The van der Waals surface area contributed by atoms with Gasteiger partial charge in [-0.1, -0.05) is 5.16 Å². The molecular weight excluding hydrogens is 310 g/mol. The van der Waals surface area contributed by atoms with Gasteiger partial charge in [-0.25, -0.2) is 0 Å². The first-order chi connectivity index (χ1) is 11.6. The van der Waals surface area contributed by atoms with Gasteiger partial charge in [0.2, 0.25) is 0 Å². The highest BCUT2D eigenvalue weighted by atomic mass is 16.6. The molecule has 0 aromatic heterocycles. The summed E-state index contributed by atoms with van der Waals surface area (Å²) in [6.07, 6.45) is 0.277. The molecule has 1 unspecified atom stereocenters. The number of phenols is 1. The summed E-state index contributed by atoms with van der Waals surface area (Å²) in [5.74, 6) is 0.963. The van der Waals surface area contributed by atoms with Crippen molar-refractivity contribution in [1.82, 2.24) is 0 Å². The summed E-state index contributed by atoms with van der Waals surface area (Å²) in [7, 11) is 1.57. The fourth-order valence-electron chi connectivity index (χ4n) is 2.36. The topological polar surface area (TPSA) is 77.4 Å². The number of hydrogen-bond donors (Lipinski definition) is 1. The third-order valence-corrected chi connectivity index (χ3v) is 3.62. The predicted octanol–water partition coefficient (Wildman–Crippen LogP) is 2.89. The van der Waals surface area contributed by atoms with E-state index < -0.39 is 0 Å². The Balaban J connectivity index is 1.52. The monoisotopic (exact) mass is 327 g/mol. The molecule has 0 amide bonds. The van der Waals surface area contributed by atoms with Crippen LogP contribution in [0.5, 0.6) is 17.2 Å². The molecule has 1 aliphatic rings. The van der Waals surface area contributed by atoms with E-state index in [0.717, 1.165) is 11.3 Å². The van der Waals surface area contributed by atoms with Crippen LogP contribution in [0.1, 0.15) is 18.4 Å². The van der Waals surface area contributed by atoms with Gasteiger partial charge >= 0.3 is 5.97 Å². The van der Waals surface area contributed by atoms with Crippen LogP contribution in [0.4, 0.5) is 0 Å². The van der Waals surface area contributed by atoms with Gasteiger partial charge < -0.3 is 19.4 Å². The molecule has 2 aromatic carbocycles. The second-order valence-electron chi connectivity index (χ2n) is 5.37. The number of phenolic OH excluding ortho intramolecular Hbond substituents is 1. The molecule has 24 heavy (non-hydrogen) atoms. The molecule has 1 N–H and O–H groups in total. The molecule has 1 heterocycles. The van der Waals surface area contributed by atoms with Crippen LogP contribution in [0.3, 0.4) is 0 Å². The molecule has 0 saturated heterocycles. The summed E-state index contributed by atoms with van der Waals surface area (Å²) >= 11 is 0. The zero-order valence-corrected chi connectivity index (χ0v) is 13.1. The normalized spacial score (nSPS) is 16.2. The lowest BCUT2D eigenvalue weighted by molar-refractivity contribution is -0.137. The molecule has 1 aliphatic heterocycles. The zero-order chi connectivity index (χ0) is 16.9. The van der Waals surface area contributed by atoms with Gasteiger partial charge in [0, 0.05) is 6.42 Å². The highest BCUT2D eigenvalue weighted by Gasteiger charge is 2.25. The number of esters is 1. The third-order valence-electron chi connectivity index (χ3n) is 3.62. The summed E-state index contributed by atoms with van der Waals surface area (Å²) in [4.78, 5) is 17.3. The van der Waals surface area contributed by atoms with Gasteiger partial charge in [-0.2, -0.15) is 0 Å². The van der Waals surface area contributed by atoms with Crippen LogP contribution in [0, 0.1) is 0 Å². The maximum absolute atomic E-state index is 12.0. The first kappa shape index (κ1) is 15.9. The summed E-state index contributed by atoms with van der Waals surface area (Å²) in [5.41, 5.74) is 1.61. The Labute approximate surface area is 139 Å². The number of oxime groups is 1. The Bertz CT molecular complexity index is 737. The van der Waals surface area contributed by atoms with E-state index in [2.05, 4.69) is 5.16 Å². The molecule has 0 radical (unpaired) electrons. The number of carbonyl (C=O) groups is 1. The molecule has 124 valence electrons. The predicted molar refractivity (Wildman–Crippen MR) is 87.4 cm³/mol. The van der Waals surface area contributed by atoms with E-state index in [9.17, 15) is 9.90 Å². The van der Waals surface area contributed by atoms with Crippen molar-refractivity contribution in [3.05, 3.63) is 54.1 Å². The van der Waals surface area contributed by atoms with E-state index in [1.165, 1.54) is 0 Å². The first-order valence-corrected chi connectivity index (χ1v) is 7.51. The van der Waals surface area contributed by atoms with Crippen molar-refractivity contribution < 1.29 is 24.2 Å². The minimum absolute atomic E-state index is 0.108. The lowest BCUT2D eigenvalue weighted by Crippen LogP contribution is -2.18.